The Hall–Kier alpha value is -0.300. The normalized spacial score (nSPS) is 18.0. The standard InChI is InChI=1S/C11H14BrClN2O2S/c12-9-18(16,17)15-7-5-14(6-8-15)11-4-2-1-3-10(11)13/h1-4H,5-9H2. The van der Waals surface area contributed by atoms with Crippen molar-refractivity contribution in [3.05, 3.63) is 29.3 Å². The third kappa shape index (κ3) is 2.99. The van der Waals surface area contributed by atoms with E-state index in [1.807, 2.05) is 24.3 Å². The molecule has 1 aliphatic heterocycles. The van der Waals surface area contributed by atoms with Crippen LogP contribution in [0.25, 0.3) is 0 Å². The molecule has 1 saturated heterocycles. The van der Waals surface area contributed by atoms with Crippen LogP contribution in [0, 0.1) is 0 Å². The predicted molar refractivity (Wildman–Crippen MR) is 78.0 cm³/mol. The van der Waals surface area contributed by atoms with Crippen LogP contribution in [0.15, 0.2) is 24.3 Å². The molecule has 1 aliphatic rings. The van der Waals surface area contributed by atoms with Crippen molar-refractivity contribution >= 4 is 43.2 Å². The predicted octanol–water partition coefficient (Wildman–Crippen LogP) is 2.14. The van der Waals surface area contributed by atoms with Gasteiger partial charge in [0.2, 0.25) is 10.0 Å². The monoisotopic (exact) mass is 352 g/mol. The Morgan fingerprint density at radius 3 is 2.33 bits per heavy atom. The Kier molecular flexibility index (Phi) is 4.53. The van der Waals surface area contributed by atoms with Crippen molar-refractivity contribution < 1.29 is 8.42 Å². The molecule has 0 aromatic heterocycles. The fraction of sp³-hybridized carbons (Fsp3) is 0.455. The first-order valence-corrected chi connectivity index (χ1v) is 8.69. The van der Waals surface area contributed by atoms with Crippen LogP contribution >= 0.6 is 27.5 Å². The van der Waals surface area contributed by atoms with Gasteiger partial charge >= 0.3 is 0 Å². The van der Waals surface area contributed by atoms with Gasteiger partial charge in [-0.2, -0.15) is 4.31 Å². The van der Waals surface area contributed by atoms with Crippen LogP contribution in [0.5, 0.6) is 0 Å². The number of hydrogen-bond donors (Lipinski definition) is 0. The van der Waals surface area contributed by atoms with E-state index in [0.717, 1.165) is 5.69 Å². The Morgan fingerprint density at radius 2 is 1.78 bits per heavy atom. The summed E-state index contributed by atoms with van der Waals surface area (Å²) in [6.45, 7) is 2.32. The Bertz CT molecular complexity index is 516. The van der Waals surface area contributed by atoms with E-state index >= 15 is 0 Å². The highest BCUT2D eigenvalue weighted by atomic mass is 79.9. The number of nitrogens with zero attached hydrogens (tertiary/aromatic N) is 2. The number of para-hydroxylation sites is 1. The van der Waals surface area contributed by atoms with Crippen LogP contribution < -0.4 is 4.90 Å². The van der Waals surface area contributed by atoms with Crippen molar-refractivity contribution in [2.24, 2.45) is 0 Å². The molecule has 18 heavy (non-hydrogen) atoms. The Morgan fingerprint density at radius 1 is 1.17 bits per heavy atom. The van der Waals surface area contributed by atoms with Gasteiger partial charge < -0.3 is 4.90 Å². The zero-order valence-electron chi connectivity index (χ0n) is 9.72. The molecule has 0 bridgehead atoms. The number of alkyl halides is 1. The van der Waals surface area contributed by atoms with E-state index in [0.29, 0.717) is 31.2 Å². The second kappa shape index (κ2) is 5.77. The zero-order chi connectivity index (χ0) is 13.2. The molecular weight excluding hydrogens is 340 g/mol. The average molecular weight is 354 g/mol. The van der Waals surface area contributed by atoms with E-state index in [2.05, 4.69) is 20.8 Å². The quantitative estimate of drug-likeness (QED) is 0.782. The lowest BCUT2D eigenvalue weighted by Gasteiger charge is -2.35. The summed E-state index contributed by atoms with van der Waals surface area (Å²) < 4.78 is 24.9. The van der Waals surface area contributed by atoms with Crippen LogP contribution in [-0.4, -0.2) is 43.6 Å². The number of piperazine rings is 1. The molecule has 0 saturated carbocycles. The molecule has 0 atom stereocenters. The molecule has 1 aromatic rings. The van der Waals surface area contributed by atoms with E-state index in [9.17, 15) is 8.42 Å². The third-order valence-electron chi connectivity index (χ3n) is 2.96. The lowest BCUT2D eigenvalue weighted by molar-refractivity contribution is 0.387. The summed E-state index contributed by atoms with van der Waals surface area (Å²) in [6, 6.07) is 7.62. The summed E-state index contributed by atoms with van der Waals surface area (Å²) in [7, 11) is -3.15. The van der Waals surface area contributed by atoms with Gasteiger partial charge in [-0.25, -0.2) is 8.42 Å². The van der Waals surface area contributed by atoms with Crippen molar-refractivity contribution in [1.82, 2.24) is 4.31 Å². The highest BCUT2D eigenvalue weighted by molar-refractivity contribution is 9.10. The average Bonchev–Trinajstić information content (AvgIpc) is 2.39. The van der Waals surface area contributed by atoms with Gasteiger partial charge in [-0.15, -0.1) is 0 Å². The van der Waals surface area contributed by atoms with Gasteiger partial charge in [-0.05, 0) is 12.1 Å². The molecular formula is C11H14BrClN2O2S. The first-order valence-electron chi connectivity index (χ1n) is 5.58. The first-order chi connectivity index (χ1) is 8.54. The van der Waals surface area contributed by atoms with Crippen LogP contribution in [0.2, 0.25) is 5.02 Å². The van der Waals surface area contributed by atoms with Crippen LogP contribution in [0.1, 0.15) is 0 Å². The molecule has 4 nitrogen and oxygen atoms in total. The summed E-state index contributed by atoms with van der Waals surface area (Å²) in [5.41, 5.74) is 0.968. The highest BCUT2D eigenvalue weighted by Crippen LogP contribution is 2.26. The summed E-state index contributed by atoms with van der Waals surface area (Å²) in [5.74, 6) is 0. The molecule has 100 valence electrons. The molecule has 0 amide bonds. The lowest BCUT2D eigenvalue weighted by atomic mass is 10.2. The molecule has 2 rings (SSSR count). The molecule has 1 heterocycles. The van der Waals surface area contributed by atoms with Crippen molar-refractivity contribution in [3.8, 4) is 0 Å². The van der Waals surface area contributed by atoms with Crippen molar-refractivity contribution in [1.29, 1.82) is 0 Å². The molecule has 0 unspecified atom stereocenters. The second-order valence-electron chi connectivity index (χ2n) is 4.06. The topological polar surface area (TPSA) is 40.6 Å². The van der Waals surface area contributed by atoms with E-state index in [-0.39, 0.29) is 4.66 Å². The summed E-state index contributed by atoms with van der Waals surface area (Å²) in [6.07, 6.45) is 0. The highest BCUT2D eigenvalue weighted by Gasteiger charge is 2.26. The van der Waals surface area contributed by atoms with Crippen molar-refractivity contribution in [3.63, 3.8) is 0 Å². The summed E-state index contributed by atoms with van der Waals surface area (Å²) in [5, 5.41) is 0.703. The summed E-state index contributed by atoms with van der Waals surface area (Å²) in [4.78, 5) is 2.11. The number of halogens is 2. The minimum Gasteiger partial charge on any atom is -0.368 e. The zero-order valence-corrected chi connectivity index (χ0v) is 12.9. The number of hydrogen-bond acceptors (Lipinski definition) is 3. The van der Waals surface area contributed by atoms with Gasteiger partial charge in [0.25, 0.3) is 0 Å². The SMILES string of the molecule is O=S(=O)(CBr)N1CCN(c2ccccc2Cl)CC1. The molecule has 1 aromatic carbocycles. The number of benzene rings is 1. The maximum absolute atomic E-state index is 11.7. The molecule has 0 radical (unpaired) electrons. The Balaban J connectivity index is 2.06. The third-order valence-corrected chi connectivity index (χ3v) is 6.45. The molecule has 0 spiro atoms. The largest absolute Gasteiger partial charge is 0.368 e. The van der Waals surface area contributed by atoms with Crippen LogP contribution in [-0.2, 0) is 10.0 Å². The van der Waals surface area contributed by atoms with Gasteiger partial charge in [0.05, 0.1) is 10.7 Å². The number of rotatable bonds is 3. The van der Waals surface area contributed by atoms with Crippen LogP contribution in [0.3, 0.4) is 0 Å². The van der Waals surface area contributed by atoms with Crippen molar-refractivity contribution in [2.45, 2.75) is 0 Å². The number of sulfonamides is 1. The van der Waals surface area contributed by atoms with Gasteiger partial charge in [0.15, 0.2) is 0 Å². The van der Waals surface area contributed by atoms with E-state index in [1.54, 1.807) is 0 Å². The minimum atomic E-state index is -3.15. The second-order valence-corrected chi connectivity index (χ2v) is 7.74. The van der Waals surface area contributed by atoms with Crippen LogP contribution in [0.4, 0.5) is 5.69 Å². The molecule has 0 N–H and O–H groups in total. The lowest BCUT2D eigenvalue weighted by Crippen LogP contribution is -2.49. The van der Waals surface area contributed by atoms with Crippen molar-refractivity contribution in [2.75, 3.05) is 35.7 Å². The van der Waals surface area contributed by atoms with E-state index in [4.69, 9.17) is 11.6 Å². The van der Waals surface area contributed by atoms with Gasteiger partial charge in [0.1, 0.15) is 4.66 Å². The maximum atomic E-state index is 11.7. The fourth-order valence-corrected chi connectivity index (χ4v) is 3.97. The maximum Gasteiger partial charge on any atom is 0.224 e. The summed E-state index contributed by atoms with van der Waals surface area (Å²) >= 11 is 9.14. The number of anilines is 1. The Labute approximate surface area is 121 Å². The van der Waals surface area contributed by atoms with E-state index in [1.165, 1.54) is 4.31 Å². The minimum absolute atomic E-state index is 0.0217. The fourth-order valence-electron chi connectivity index (χ4n) is 1.98. The molecule has 1 fully saturated rings. The van der Waals surface area contributed by atoms with Gasteiger partial charge in [0, 0.05) is 26.2 Å². The molecule has 7 heteroatoms. The molecule has 0 aliphatic carbocycles. The van der Waals surface area contributed by atoms with Gasteiger partial charge in [-0.3, -0.25) is 0 Å². The smallest absolute Gasteiger partial charge is 0.224 e. The van der Waals surface area contributed by atoms with E-state index < -0.39 is 10.0 Å². The van der Waals surface area contributed by atoms with Gasteiger partial charge in [-0.1, -0.05) is 39.7 Å². The first kappa shape index (κ1) is 14.1.